The van der Waals surface area contributed by atoms with E-state index in [1.165, 1.54) is 250 Å². The Labute approximate surface area is 547 Å². The van der Waals surface area contributed by atoms with Gasteiger partial charge in [-0.25, -0.2) is 0 Å². The Kier molecular flexibility index (Phi) is 62.9. The average molecular weight is 1250 g/mol. The van der Waals surface area contributed by atoms with Crippen LogP contribution in [0.25, 0.3) is 0 Å². The highest BCUT2D eigenvalue weighted by atomic mass is 16.7. The summed E-state index contributed by atoms with van der Waals surface area (Å²) in [6, 6.07) is -0.825. The standard InChI is InChI=1S/C78H141NO10/c1-3-5-7-9-11-13-14-15-16-36-40-43-46-50-54-58-62-66-74(83)87-67-63-59-55-51-47-44-41-38-35-33-31-29-27-25-23-21-19-17-18-20-22-24-26-28-30-32-34-37-39-42-45-49-53-57-61-65-73(82)79-70(71(81)64-60-56-52-48-12-10-8-6-4-2)69-88-78-77(86)76(85)75(84)72(68-80)89-78/h11-13,15-16,19,21,25,27,48,60,64,70-72,75-78,80-81,84-86H,3-10,14,17-18,20,22-24,26,28-47,49-59,61-63,65-69H2,1-2H3,(H,79,82)/b13-11-,16-15-,21-19-,27-25-,48-12+,64-60+. The number of hydrogen-bond donors (Lipinski definition) is 6. The molecule has 1 aliphatic heterocycles. The number of rotatable bonds is 66. The zero-order chi connectivity index (χ0) is 64.4. The molecule has 1 amide bonds. The van der Waals surface area contributed by atoms with Crippen LogP contribution in [-0.4, -0.2) is 100 Å². The SMILES string of the molecule is CCCCC/C=C\C/C=C\CCCCCCCCCC(=O)OCCCCCCCCCCCCC/C=C\C/C=C\CCCCCCCCCCCCCCCCCCCC(=O)NC(COC1OC(CO)C(O)C(O)C1O)C(O)/C=C/CC/C=C/CCCCC. The lowest BCUT2D eigenvalue weighted by Crippen LogP contribution is -2.60. The Morgan fingerprint density at radius 3 is 1.18 bits per heavy atom. The molecule has 1 aliphatic rings. The molecule has 1 fully saturated rings. The molecule has 7 atom stereocenters. The molecule has 0 saturated carbocycles. The molecule has 0 spiro atoms. The quantitative estimate of drug-likeness (QED) is 0.0195. The number of carbonyl (C=O) groups is 2. The van der Waals surface area contributed by atoms with Gasteiger partial charge in [0.25, 0.3) is 0 Å². The van der Waals surface area contributed by atoms with Gasteiger partial charge in [-0.3, -0.25) is 9.59 Å². The minimum atomic E-state index is -1.58. The van der Waals surface area contributed by atoms with Gasteiger partial charge in [0, 0.05) is 12.8 Å². The van der Waals surface area contributed by atoms with Gasteiger partial charge in [-0.1, -0.05) is 299 Å². The molecule has 1 heterocycles. The van der Waals surface area contributed by atoms with Crippen molar-refractivity contribution in [1.29, 1.82) is 0 Å². The van der Waals surface area contributed by atoms with Gasteiger partial charge in [-0.15, -0.1) is 0 Å². The van der Waals surface area contributed by atoms with Crippen molar-refractivity contribution in [3.05, 3.63) is 72.9 Å². The second-order valence-electron chi connectivity index (χ2n) is 26.0. The van der Waals surface area contributed by atoms with Crippen molar-refractivity contribution in [2.75, 3.05) is 19.8 Å². The first kappa shape index (κ1) is 84.1. The maximum absolute atomic E-state index is 13.0. The van der Waals surface area contributed by atoms with Gasteiger partial charge in [0.1, 0.15) is 24.4 Å². The van der Waals surface area contributed by atoms with Gasteiger partial charge in [-0.2, -0.15) is 0 Å². The number of amides is 1. The van der Waals surface area contributed by atoms with Gasteiger partial charge < -0.3 is 45.1 Å². The number of nitrogens with one attached hydrogen (secondary N) is 1. The molecule has 518 valence electrons. The monoisotopic (exact) mass is 1250 g/mol. The van der Waals surface area contributed by atoms with E-state index in [2.05, 4.69) is 79.9 Å². The Morgan fingerprint density at radius 1 is 0.416 bits per heavy atom. The molecule has 1 rings (SSSR count). The van der Waals surface area contributed by atoms with Gasteiger partial charge >= 0.3 is 5.97 Å². The van der Waals surface area contributed by atoms with E-state index < -0.39 is 49.5 Å². The molecule has 0 aliphatic carbocycles. The van der Waals surface area contributed by atoms with Gasteiger partial charge in [0.05, 0.1) is 32.0 Å². The highest BCUT2D eigenvalue weighted by Gasteiger charge is 2.44. The molecule has 11 nitrogen and oxygen atoms in total. The second-order valence-corrected chi connectivity index (χ2v) is 26.0. The summed E-state index contributed by atoms with van der Waals surface area (Å²) in [6.45, 7) is 4.27. The van der Waals surface area contributed by atoms with E-state index in [1.807, 2.05) is 6.08 Å². The molecule has 0 aromatic heterocycles. The van der Waals surface area contributed by atoms with Crippen LogP contribution in [0.5, 0.6) is 0 Å². The zero-order valence-electron chi connectivity index (χ0n) is 57.6. The molecule has 0 radical (unpaired) electrons. The number of allylic oxidation sites excluding steroid dienone is 11. The molecule has 89 heavy (non-hydrogen) atoms. The van der Waals surface area contributed by atoms with Crippen LogP contribution in [0.4, 0.5) is 0 Å². The van der Waals surface area contributed by atoms with Crippen LogP contribution >= 0.6 is 0 Å². The van der Waals surface area contributed by atoms with Crippen LogP contribution < -0.4 is 5.32 Å². The fraction of sp³-hybridized carbons (Fsp3) is 0.821. The maximum Gasteiger partial charge on any atom is 0.305 e. The van der Waals surface area contributed by atoms with Gasteiger partial charge in [0.2, 0.25) is 5.91 Å². The maximum atomic E-state index is 13.0. The lowest BCUT2D eigenvalue weighted by molar-refractivity contribution is -0.302. The van der Waals surface area contributed by atoms with Crippen molar-refractivity contribution in [3.63, 3.8) is 0 Å². The Hall–Kier alpha value is -2.90. The summed E-state index contributed by atoms with van der Waals surface area (Å²) >= 11 is 0. The molecule has 7 unspecified atom stereocenters. The van der Waals surface area contributed by atoms with Crippen molar-refractivity contribution in [3.8, 4) is 0 Å². The van der Waals surface area contributed by atoms with Crippen LogP contribution in [0.1, 0.15) is 348 Å². The molecular formula is C78H141NO10. The van der Waals surface area contributed by atoms with Gasteiger partial charge in [0.15, 0.2) is 6.29 Å². The number of esters is 1. The highest BCUT2D eigenvalue weighted by molar-refractivity contribution is 5.76. The Morgan fingerprint density at radius 2 is 0.764 bits per heavy atom. The van der Waals surface area contributed by atoms with Crippen LogP contribution in [0.15, 0.2) is 72.9 Å². The van der Waals surface area contributed by atoms with E-state index >= 15 is 0 Å². The fourth-order valence-corrected chi connectivity index (χ4v) is 11.6. The first-order valence-electron chi connectivity index (χ1n) is 37.7. The summed E-state index contributed by atoms with van der Waals surface area (Å²) in [4.78, 5) is 25.1. The van der Waals surface area contributed by atoms with Crippen molar-refractivity contribution in [2.45, 2.75) is 391 Å². The third kappa shape index (κ3) is 55.3. The number of hydrogen-bond acceptors (Lipinski definition) is 10. The number of carbonyl (C=O) groups excluding carboxylic acids is 2. The minimum absolute atomic E-state index is 0.00182. The largest absolute Gasteiger partial charge is 0.466 e. The molecule has 0 aromatic carbocycles. The number of aliphatic hydroxyl groups is 5. The van der Waals surface area contributed by atoms with E-state index in [4.69, 9.17) is 14.2 Å². The molecule has 1 saturated heterocycles. The van der Waals surface area contributed by atoms with E-state index in [0.29, 0.717) is 19.4 Å². The van der Waals surface area contributed by atoms with Crippen molar-refractivity contribution >= 4 is 11.9 Å². The normalized spacial score (nSPS) is 18.1. The number of aliphatic hydroxyl groups excluding tert-OH is 5. The number of unbranched alkanes of at least 4 members (excludes halogenated alkanes) is 42. The summed E-state index contributed by atoms with van der Waals surface area (Å²) in [6.07, 6.45) is 80.8. The average Bonchev–Trinajstić information content (AvgIpc) is 1.92. The summed E-state index contributed by atoms with van der Waals surface area (Å²) in [5.41, 5.74) is 0. The van der Waals surface area contributed by atoms with E-state index in [-0.39, 0.29) is 18.5 Å². The number of ether oxygens (including phenoxy) is 3. The first-order chi connectivity index (χ1) is 43.7. The topological polar surface area (TPSA) is 175 Å². The molecule has 0 aromatic rings. The Bertz CT molecular complexity index is 1710. The van der Waals surface area contributed by atoms with Crippen LogP contribution in [0.2, 0.25) is 0 Å². The smallest absolute Gasteiger partial charge is 0.305 e. The first-order valence-corrected chi connectivity index (χ1v) is 37.7. The summed E-state index contributed by atoms with van der Waals surface area (Å²) in [5, 5.41) is 54.3. The van der Waals surface area contributed by atoms with Crippen molar-refractivity contribution in [2.24, 2.45) is 0 Å². The summed E-state index contributed by atoms with van der Waals surface area (Å²) in [5.74, 6) is -0.190. The molecule has 6 N–H and O–H groups in total. The third-order valence-corrected chi connectivity index (χ3v) is 17.5. The van der Waals surface area contributed by atoms with E-state index in [9.17, 15) is 35.1 Å². The highest BCUT2D eigenvalue weighted by Crippen LogP contribution is 2.23. The lowest BCUT2D eigenvalue weighted by Gasteiger charge is -2.40. The van der Waals surface area contributed by atoms with Gasteiger partial charge in [-0.05, 0) is 109 Å². The molecule has 0 bridgehead atoms. The van der Waals surface area contributed by atoms with Crippen molar-refractivity contribution < 1.29 is 49.3 Å². The van der Waals surface area contributed by atoms with Crippen LogP contribution in [0, 0.1) is 0 Å². The molecule has 11 heteroatoms. The zero-order valence-corrected chi connectivity index (χ0v) is 57.6. The predicted octanol–water partition coefficient (Wildman–Crippen LogP) is 19.9. The fourth-order valence-electron chi connectivity index (χ4n) is 11.6. The lowest BCUT2D eigenvalue weighted by atomic mass is 9.99. The minimum Gasteiger partial charge on any atom is -0.466 e. The third-order valence-electron chi connectivity index (χ3n) is 17.5. The summed E-state index contributed by atoms with van der Waals surface area (Å²) < 4.78 is 16.7. The second kappa shape index (κ2) is 66.6. The molecular weight excluding hydrogens is 1110 g/mol. The van der Waals surface area contributed by atoms with E-state index in [1.54, 1.807) is 6.08 Å². The van der Waals surface area contributed by atoms with Crippen molar-refractivity contribution in [1.82, 2.24) is 5.32 Å². The Balaban J connectivity index is 1.89. The summed E-state index contributed by atoms with van der Waals surface area (Å²) in [7, 11) is 0. The van der Waals surface area contributed by atoms with Crippen LogP contribution in [0.3, 0.4) is 0 Å². The predicted molar refractivity (Wildman–Crippen MR) is 375 cm³/mol. The van der Waals surface area contributed by atoms with E-state index in [0.717, 1.165) is 70.6 Å². The van der Waals surface area contributed by atoms with Crippen LogP contribution in [-0.2, 0) is 23.8 Å².